The van der Waals surface area contributed by atoms with Gasteiger partial charge in [0, 0.05) is 6.42 Å². The Morgan fingerprint density at radius 2 is 2.00 bits per heavy atom. The number of hydrogen-bond donors (Lipinski definition) is 3. The van der Waals surface area contributed by atoms with Gasteiger partial charge >= 0.3 is 5.97 Å². The van der Waals surface area contributed by atoms with E-state index in [-0.39, 0.29) is 12.2 Å². The van der Waals surface area contributed by atoms with Crippen LogP contribution in [0.15, 0.2) is 24.3 Å². The summed E-state index contributed by atoms with van der Waals surface area (Å²) in [6, 6.07) is 0. The Morgan fingerprint density at radius 3 is 2.56 bits per heavy atom. The maximum Gasteiger partial charge on any atom is 0.336 e. The monoisotopic (exact) mass is 376 g/mol. The third-order valence-electron chi connectivity index (χ3n) is 5.19. The smallest absolute Gasteiger partial charge is 0.336 e. The van der Waals surface area contributed by atoms with Crippen LogP contribution in [0.25, 0.3) is 0 Å². The van der Waals surface area contributed by atoms with Gasteiger partial charge in [0.05, 0.1) is 5.92 Å². The number of carboxylic acids is 1. The second-order valence-electron chi connectivity index (χ2n) is 7.31. The lowest BCUT2D eigenvalue weighted by molar-refractivity contribution is -0.168. The molecule has 27 heavy (non-hydrogen) atoms. The fourth-order valence-electron chi connectivity index (χ4n) is 3.46. The molecule has 5 heteroatoms. The Balaban J connectivity index is 2.48. The Morgan fingerprint density at radius 1 is 1.26 bits per heavy atom. The average Bonchev–Trinajstić information content (AvgIpc) is 3.07. The van der Waals surface area contributed by atoms with E-state index in [1.54, 1.807) is 18.2 Å². The van der Waals surface area contributed by atoms with Gasteiger partial charge in [0.15, 0.2) is 5.60 Å². The number of aliphatic carboxylic acids is 1. The molecule has 0 radical (unpaired) electrons. The standard InChI is InChI=1S/C22H32O5/c1-3-5-9-15-21(26,4-2)16-10-7-6-8-11-17-22(27,20(24)25)18-13-12-14-19(18)23/h2,6,8,10,16,18,26-27H,3,5,7,9,11-15,17H2,1H3,(H,24,25)/b8-6+,16-10-/t18-,21-,22+/m0/s1. The largest absolute Gasteiger partial charge is 0.479 e. The number of ketones is 1. The van der Waals surface area contributed by atoms with Crippen molar-refractivity contribution in [2.75, 3.05) is 0 Å². The van der Waals surface area contributed by atoms with Crippen LogP contribution < -0.4 is 0 Å². The van der Waals surface area contributed by atoms with Crippen molar-refractivity contribution in [3.63, 3.8) is 0 Å². The van der Waals surface area contributed by atoms with Crippen molar-refractivity contribution in [3.05, 3.63) is 24.3 Å². The third kappa shape index (κ3) is 6.97. The Bertz CT molecular complexity index is 600. The van der Waals surface area contributed by atoms with E-state index in [4.69, 9.17) is 6.42 Å². The van der Waals surface area contributed by atoms with Crippen LogP contribution >= 0.6 is 0 Å². The van der Waals surface area contributed by atoms with Crippen LogP contribution in [-0.2, 0) is 9.59 Å². The van der Waals surface area contributed by atoms with Gasteiger partial charge in [0.2, 0.25) is 0 Å². The minimum atomic E-state index is -1.99. The average molecular weight is 376 g/mol. The van der Waals surface area contributed by atoms with Gasteiger partial charge in [-0.1, -0.05) is 43.9 Å². The summed E-state index contributed by atoms with van der Waals surface area (Å²) < 4.78 is 0. The number of unbranched alkanes of at least 4 members (excludes halogenated alkanes) is 2. The fourth-order valence-corrected chi connectivity index (χ4v) is 3.46. The number of carboxylic acid groups (broad SMARTS) is 1. The van der Waals surface area contributed by atoms with Crippen LogP contribution in [0, 0.1) is 18.3 Å². The molecule has 0 aromatic carbocycles. The summed E-state index contributed by atoms with van der Waals surface area (Å²) in [6.45, 7) is 2.09. The van der Waals surface area contributed by atoms with Crippen molar-refractivity contribution in [1.29, 1.82) is 0 Å². The maximum absolute atomic E-state index is 11.8. The highest BCUT2D eigenvalue weighted by Crippen LogP contribution is 2.34. The van der Waals surface area contributed by atoms with Crippen LogP contribution in [0.2, 0.25) is 0 Å². The molecule has 0 saturated heterocycles. The fraction of sp³-hybridized carbons (Fsp3) is 0.636. The van der Waals surface area contributed by atoms with Crippen molar-refractivity contribution >= 4 is 11.8 Å². The Kier molecular flexibility index (Phi) is 9.48. The van der Waals surface area contributed by atoms with E-state index in [9.17, 15) is 24.9 Å². The van der Waals surface area contributed by atoms with Crippen LogP contribution in [0.1, 0.15) is 71.1 Å². The zero-order chi connectivity index (χ0) is 20.3. The Hall–Kier alpha value is -1.90. The van der Waals surface area contributed by atoms with Gasteiger partial charge in [-0.25, -0.2) is 4.79 Å². The maximum atomic E-state index is 11.8. The Labute approximate surface area is 162 Å². The van der Waals surface area contributed by atoms with Crippen molar-refractivity contribution in [1.82, 2.24) is 0 Å². The summed E-state index contributed by atoms with van der Waals surface area (Å²) >= 11 is 0. The molecular formula is C22H32O5. The number of carbonyl (C=O) groups is 2. The quantitative estimate of drug-likeness (QED) is 0.276. The van der Waals surface area contributed by atoms with Gasteiger partial charge in [0.25, 0.3) is 0 Å². The second kappa shape index (κ2) is 11.1. The van der Waals surface area contributed by atoms with Crippen molar-refractivity contribution in [3.8, 4) is 12.3 Å². The SMILES string of the molecule is C#C[C@@](O)(/C=C\C/C=C/CC[C@](O)(C(=O)O)[C@H]1CCCC1=O)CCCCC. The molecule has 0 aromatic heterocycles. The van der Waals surface area contributed by atoms with Gasteiger partial charge in [-0.3, -0.25) is 4.79 Å². The minimum absolute atomic E-state index is 0.00423. The number of aliphatic hydroxyl groups is 2. The predicted molar refractivity (Wildman–Crippen MR) is 105 cm³/mol. The molecule has 1 saturated carbocycles. The lowest BCUT2D eigenvalue weighted by Crippen LogP contribution is -2.47. The zero-order valence-electron chi connectivity index (χ0n) is 16.2. The first-order chi connectivity index (χ1) is 12.8. The topological polar surface area (TPSA) is 94.8 Å². The molecule has 0 unspecified atom stereocenters. The number of hydrogen-bond acceptors (Lipinski definition) is 4. The summed E-state index contributed by atoms with van der Waals surface area (Å²) in [4.78, 5) is 23.3. The summed E-state index contributed by atoms with van der Waals surface area (Å²) in [5.74, 6) is 0.119. The number of allylic oxidation sites excluding steroid dienone is 3. The third-order valence-corrected chi connectivity index (χ3v) is 5.19. The molecule has 3 N–H and O–H groups in total. The molecular weight excluding hydrogens is 344 g/mol. The van der Waals surface area contributed by atoms with E-state index in [0.29, 0.717) is 38.5 Å². The van der Waals surface area contributed by atoms with E-state index in [2.05, 4.69) is 12.8 Å². The zero-order valence-corrected chi connectivity index (χ0v) is 16.2. The second-order valence-corrected chi connectivity index (χ2v) is 7.31. The molecule has 0 amide bonds. The number of carbonyl (C=O) groups excluding carboxylic acids is 1. The first-order valence-electron chi connectivity index (χ1n) is 9.80. The predicted octanol–water partition coefficient (Wildman–Crippen LogP) is 3.40. The van der Waals surface area contributed by atoms with Crippen LogP contribution in [0.5, 0.6) is 0 Å². The molecule has 0 spiro atoms. The molecule has 1 aliphatic rings. The van der Waals surface area contributed by atoms with Crippen LogP contribution in [0.4, 0.5) is 0 Å². The molecule has 0 aromatic rings. The van der Waals surface area contributed by atoms with E-state index in [1.165, 1.54) is 0 Å². The van der Waals surface area contributed by atoms with Gasteiger partial charge in [-0.15, -0.1) is 6.42 Å². The molecule has 0 aliphatic heterocycles. The first-order valence-corrected chi connectivity index (χ1v) is 9.80. The minimum Gasteiger partial charge on any atom is -0.479 e. The van der Waals surface area contributed by atoms with Gasteiger partial charge < -0.3 is 15.3 Å². The van der Waals surface area contributed by atoms with E-state index < -0.39 is 23.1 Å². The lowest BCUT2D eigenvalue weighted by Gasteiger charge is -2.28. The molecule has 1 rings (SSSR count). The highest BCUT2D eigenvalue weighted by Gasteiger charge is 2.48. The van der Waals surface area contributed by atoms with E-state index >= 15 is 0 Å². The van der Waals surface area contributed by atoms with Crippen molar-refractivity contribution in [2.45, 2.75) is 82.3 Å². The molecule has 0 bridgehead atoms. The van der Waals surface area contributed by atoms with E-state index in [0.717, 1.165) is 19.3 Å². The van der Waals surface area contributed by atoms with Gasteiger partial charge in [0.1, 0.15) is 11.4 Å². The summed E-state index contributed by atoms with van der Waals surface area (Å²) in [7, 11) is 0. The normalized spacial score (nSPS) is 22.0. The summed E-state index contributed by atoms with van der Waals surface area (Å²) in [6.07, 6.45) is 18.2. The lowest BCUT2D eigenvalue weighted by atomic mass is 9.81. The highest BCUT2D eigenvalue weighted by atomic mass is 16.4. The van der Waals surface area contributed by atoms with Crippen molar-refractivity contribution in [2.24, 2.45) is 5.92 Å². The first kappa shape index (κ1) is 23.1. The molecule has 5 nitrogen and oxygen atoms in total. The summed E-state index contributed by atoms with van der Waals surface area (Å²) in [5.41, 5.74) is -3.22. The summed E-state index contributed by atoms with van der Waals surface area (Å²) in [5, 5.41) is 30.1. The van der Waals surface area contributed by atoms with Crippen LogP contribution in [0.3, 0.4) is 0 Å². The molecule has 0 heterocycles. The van der Waals surface area contributed by atoms with Crippen LogP contribution in [-0.4, -0.2) is 38.3 Å². The molecule has 1 fully saturated rings. The molecule has 150 valence electrons. The van der Waals surface area contributed by atoms with Gasteiger partial charge in [-0.05, 0) is 51.0 Å². The van der Waals surface area contributed by atoms with Gasteiger partial charge in [-0.2, -0.15) is 0 Å². The van der Waals surface area contributed by atoms with Crippen molar-refractivity contribution < 1.29 is 24.9 Å². The molecule has 3 atom stereocenters. The molecule has 1 aliphatic carbocycles. The van der Waals surface area contributed by atoms with E-state index in [1.807, 2.05) is 6.08 Å². The number of terminal acetylenes is 1. The number of rotatable bonds is 12. The number of Topliss-reactive ketones (excluding diaryl/α,β-unsaturated/α-hetero) is 1. The highest BCUT2D eigenvalue weighted by molar-refractivity contribution is 5.91.